The second-order valence-corrected chi connectivity index (χ2v) is 6.17. The van der Waals surface area contributed by atoms with Crippen molar-refractivity contribution >= 4 is 17.5 Å². The van der Waals surface area contributed by atoms with E-state index in [0.717, 1.165) is 18.8 Å². The average Bonchev–Trinajstić information content (AvgIpc) is 2.56. The standard InChI is InChI=1S/C17H26N4O2/c1-13(14-3-2-7-19-12-14)11-17(23)20-10-6-16(22)21-15-4-8-18-9-5-15/h4-5,8-9,13-14,19H,2-3,6-7,10-12H2,1H3,(H,20,23)(H,18,21,22). The highest BCUT2D eigenvalue weighted by Crippen LogP contribution is 2.22. The van der Waals surface area contributed by atoms with E-state index in [1.165, 1.54) is 12.8 Å². The number of carbonyl (C=O) groups excluding carboxylic acids is 2. The Morgan fingerprint density at radius 3 is 2.83 bits per heavy atom. The van der Waals surface area contributed by atoms with Gasteiger partial charge in [-0.3, -0.25) is 14.6 Å². The van der Waals surface area contributed by atoms with Gasteiger partial charge in [-0.15, -0.1) is 0 Å². The third-order valence-corrected chi connectivity index (χ3v) is 4.29. The second-order valence-electron chi connectivity index (χ2n) is 6.17. The Morgan fingerprint density at radius 2 is 2.13 bits per heavy atom. The highest BCUT2D eigenvalue weighted by Gasteiger charge is 2.21. The summed E-state index contributed by atoms with van der Waals surface area (Å²) in [5.41, 5.74) is 0.717. The largest absolute Gasteiger partial charge is 0.356 e. The number of anilines is 1. The molecule has 6 heteroatoms. The van der Waals surface area contributed by atoms with E-state index in [1.54, 1.807) is 24.5 Å². The van der Waals surface area contributed by atoms with E-state index in [-0.39, 0.29) is 18.2 Å². The summed E-state index contributed by atoms with van der Waals surface area (Å²) in [6, 6.07) is 3.47. The van der Waals surface area contributed by atoms with Crippen LogP contribution in [0.1, 0.15) is 32.6 Å². The zero-order valence-corrected chi connectivity index (χ0v) is 13.7. The molecule has 1 aromatic heterocycles. The summed E-state index contributed by atoms with van der Waals surface area (Å²) in [6.45, 7) is 4.59. The van der Waals surface area contributed by atoms with Crippen LogP contribution in [-0.2, 0) is 9.59 Å². The highest BCUT2D eigenvalue weighted by molar-refractivity contribution is 5.91. The minimum Gasteiger partial charge on any atom is -0.356 e. The van der Waals surface area contributed by atoms with E-state index in [2.05, 4.69) is 27.9 Å². The Balaban J connectivity index is 1.61. The minimum atomic E-state index is -0.110. The highest BCUT2D eigenvalue weighted by atomic mass is 16.2. The molecule has 2 heterocycles. The molecule has 23 heavy (non-hydrogen) atoms. The van der Waals surface area contributed by atoms with E-state index >= 15 is 0 Å². The monoisotopic (exact) mass is 318 g/mol. The van der Waals surface area contributed by atoms with E-state index in [9.17, 15) is 9.59 Å². The molecule has 0 aliphatic carbocycles. The van der Waals surface area contributed by atoms with Gasteiger partial charge in [-0.2, -0.15) is 0 Å². The van der Waals surface area contributed by atoms with Crippen molar-refractivity contribution < 1.29 is 9.59 Å². The number of aromatic nitrogens is 1. The van der Waals surface area contributed by atoms with Crippen molar-refractivity contribution in [3.8, 4) is 0 Å². The summed E-state index contributed by atoms with van der Waals surface area (Å²) in [5, 5.41) is 8.99. The van der Waals surface area contributed by atoms with E-state index in [4.69, 9.17) is 0 Å². The van der Waals surface area contributed by atoms with Crippen molar-refractivity contribution in [3.05, 3.63) is 24.5 Å². The molecule has 3 N–H and O–H groups in total. The zero-order valence-electron chi connectivity index (χ0n) is 13.7. The van der Waals surface area contributed by atoms with Gasteiger partial charge >= 0.3 is 0 Å². The lowest BCUT2D eigenvalue weighted by Gasteiger charge is -2.28. The smallest absolute Gasteiger partial charge is 0.226 e. The number of carbonyl (C=O) groups is 2. The van der Waals surface area contributed by atoms with Crippen molar-refractivity contribution in [2.45, 2.75) is 32.6 Å². The van der Waals surface area contributed by atoms with Crippen LogP contribution in [0, 0.1) is 11.8 Å². The second kappa shape index (κ2) is 9.25. The minimum absolute atomic E-state index is 0.0276. The van der Waals surface area contributed by atoms with Gasteiger partial charge in [0.05, 0.1) is 0 Å². The van der Waals surface area contributed by atoms with Gasteiger partial charge in [-0.05, 0) is 49.9 Å². The molecule has 0 bridgehead atoms. The van der Waals surface area contributed by atoms with Gasteiger partial charge in [0, 0.05) is 37.5 Å². The first-order chi connectivity index (χ1) is 11.1. The number of hydrogen-bond acceptors (Lipinski definition) is 4. The number of nitrogens with one attached hydrogen (secondary N) is 3. The molecule has 1 saturated heterocycles. The summed E-state index contributed by atoms with van der Waals surface area (Å²) in [5.74, 6) is 0.860. The third kappa shape index (κ3) is 6.36. The molecule has 6 nitrogen and oxygen atoms in total. The Bertz CT molecular complexity index is 501. The lowest BCUT2D eigenvalue weighted by Crippen LogP contribution is -2.36. The maximum atomic E-state index is 12.0. The Kier molecular flexibility index (Phi) is 7.00. The van der Waals surface area contributed by atoms with Crippen molar-refractivity contribution in [2.75, 3.05) is 25.0 Å². The van der Waals surface area contributed by atoms with Crippen molar-refractivity contribution in [3.63, 3.8) is 0 Å². The maximum absolute atomic E-state index is 12.0. The molecule has 1 aliphatic heterocycles. The third-order valence-electron chi connectivity index (χ3n) is 4.29. The molecule has 2 atom stereocenters. The fourth-order valence-corrected chi connectivity index (χ4v) is 2.87. The topological polar surface area (TPSA) is 83.1 Å². The lowest BCUT2D eigenvalue weighted by molar-refractivity contribution is -0.122. The number of amides is 2. The predicted molar refractivity (Wildman–Crippen MR) is 89.9 cm³/mol. The van der Waals surface area contributed by atoms with E-state index in [0.29, 0.717) is 24.8 Å². The molecule has 1 aromatic rings. The molecule has 0 spiro atoms. The average molecular weight is 318 g/mol. The quantitative estimate of drug-likeness (QED) is 0.712. The Hall–Kier alpha value is -1.95. The molecule has 2 unspecified atom stereocenters. The Morgan fingerprint density at radius 1 is 1.35 bits per heavy atom. The normalized spacial score (nSPS) is 18.9. The SMILES string of the molecule is CC(CC(=O)NCCC(=O)Nc1ccncc1)C1CCCNC1. The first kappa shape index (κ1) is 17.4. The van der Waals surface area contributed by atoms with Gasteiger partial charge in [0.1, 0.15) is 0 Å². The number of nitrogens with zero attached hydrogens (tertiary/aromatic N) is 1. The van der Waals surface area contributed by atoms with Crippen LogP contribution in [0.3, 0.4) is 0 Å². The van der Waals surface area contributed by atoms with Gasteiger partial charge in [-0.1, -0.05) is 6.92 Å². The fourth-order valence-electron chi connectivity index (χ4n) is 2.87. The molecule has 0 aromatic carbocycles. The number of piperidine rings is 1. The summed E-state index contributed by atoms with van der Waals surface area (Å²) in [7, 11) is 0. The van der Waals surface area contributed by atoms with Gasteiger partial charge < -0.3 is 16.0 Å². The summed E-state index contributed by atoms with van der Waals surface area (Å²) in [4.78, 5) is 27.6. The first-order valence-corrected chi connectivity index (χ1v) is 8.32. The van der Waals surface area contributed by atoms with Crippen LogP contribution in [0.25, 0.3) is 0 Å². The van der Waals surface area contributed by atoms with Crippen molar-refractivity contribution in [2.24, 2.45) is 11.8 Å². The summed E-state index contributed by atoms with van der Waals surface area (Å²) >= 11 is 0. The molecule has 126 valence electrons. The number of rotatable bonds is 7. The molecule has 0 radical (unpaired) electrons. The van der Waals surface area contributed by atoms with Crippen LogP contribution in [-0.4, -0.2) is 36.4 Å². The molecule has 1 fully saturated rings. The maximum Gasteiger partial charge on any atom is 0.226 e. The first-order valence-electron chi connectivity index (χ1n) is 8.32. The van der Waals surface area contributed by atoms with Crippen LogP contribution in [0.4, 0.5) is 5.69 Å². The van der Waals surface area contributed by atoms with Crippen LogP contribution >= 0.6 is 0 Å². The van der Waals surface area contributed by atoms with Gasteiger partial charge in [0.15, 0.2) is 0 Å². The predicted octanol–water partition coefficient (Wildman–Crippen LogP) is 1.55. The molecule has 1 aliphatic rings. The molecule has 2 rings (SSSR count). The summed E-state index contributed by atoms with van der Waals surface area (Å²) in [6.07, 6.45) is 6.42. The number of pyridine rings is 1. The van der Waals surface area contributed by atoms with Crippen LogP contribution in [0.2, 0.25) is 0 Å². The van der Waals surface area contributed by atoms with Gasteiger partial charge in [-0.25, -0.2) is 0 Å². The molecule has 0 saturated carbocycles. The number of hydrogen-bond donors (Lipinski definition) is 3. The van der Waals surface area contributed by atoms with E-state index < -0.39 is 0 Å². The van der Waals surface area contributed by atoms with E-state index in [1.807, 2.05) is 0 Å². The molecular formula is C17H26N4O2. The Labute approximate surface area is 137 Å². The van der Waals surface area contributed by atoms with Crippen molar-refractivity contribution in [1.82, 2.24) is 15.6 Å². The van der Waals surface area contributed by atoms with Crippen LogP contribution in [0.5, 0.6) is 0 Å². The zero-order chi connectivity index (χ0) is 16.5. The molecule has 2 amide bonds. The fraction of sp³-hybridized carbons (Fsp3) is 0.588. The van der Waals surface area contributed by atoms with Crippen LogP contribution in [0.15, 0.2) is 24.5 Å². The van der Waals surface area contributed by atoms with Crippen molar-refractivity contribution in [1.29, 1.82) is 0 Å². The van der Waals surface area contributed by atoms with Gasteiger partial charge in [0.2, 0.25) is 11.8 Å². The molecular weight excluding hydrogens is 292 g/mol. The van der Waals surface area contributed by atoms with Crippen LogP contribution < -0.4 is 16.0 Å². The van der Waals surface area contributed by atoms with Gasteiger partial charge in [0.25, 0.3) is 0 Å². The summed E-state index contributed by atoms with van der Waals surface area (Å²) < 4.78 is 0. The lowest BCUT2D eigenvalue weighted by atomic mass is 9.85.